The fraction of sp³-hybridized carbons (Fsp3) is 0.786. The first-order chi connectivity index (χ1) is 9.60. The van der Waals surface area contributed by atoms with E-state index in [-0.39, 0.29) is 17.9 Å². The van der Waals surface area contributed by atoms with Crippen LogP contribution in [0, 0.1) is 5.41 Å². The van der Waals surface area contributed by atoms with E-state index in [2.05, 4.69) is 10.3 Å². The lowest BCUT2D eigenvalue weighted by Gasteiger charge is -2.33. The standard InChI is InChI=1S/C14H21N3O2S/c1-17-11(18)5-4-10(12(17)19)16-13-15-8-14(9-20-13)6-2-3-7-14/h10H,2-9H2,1H3,(H,15,16). The Balaban J connectivity index is 1.60. The molecule has 1 saturated heterocycles. The van der Waals surface area contributed by atoms with Gasteiger partial charge in [-0.2, -0.15) is 0 Å². The van der Waals surface area contributed by atoms with Crippen LogP contribution in [0.15, 0.2) is 4.99 Å². The number of amidine groups is 1. The number of piperidine rings is 1. The summed E-state index contributed by atoms with van der Waals surface area (Å²) >= 11 is 1.74. The van der Waals surface area contributed by atoms with Gasteiger partial charge in [-0.25, -0.2) is 0 Å². The number of hydrogen-bond donors (Lipinski definition) is 1. The topological polar surface area (TPSA) is 61.8 Å². The van der Waals surface area contributed by atoms with Crippen molar-refractivity contribution >= 4 is 28.7 Å². The molecule has 0 aromatic rings. The first-order valence-corrected chi connectivity index (χ1v) is 8.32. The summed E-state index contributed by atoms with van der Waals surface area (Å²) in [5.74, 6) is 0.885. The number of nitrogens with one attached hydrogen (secondary N) is 1. The average molecular weight is 295 g/mol. The summed E-state index contributed by atoms with van der Waals surface area (Å²) in [7, 11) is 1.56. The molecule has 0 aromatic carbocycles. The summed E-state index contributed by atoms with van der Waals surface area (Å²) in [6.45, 7) is 0.887. The van der Waals surface area contributed by atoms with Crippen molar-refractivity contribution in [3.8, 4) is 0 Å². The van der Waals surface area contributed by atoms with E-state index in [0.29, 0.717) is 18.3 Å². The third-order valence-corrected chi connectivity index (χ3v) is 5.96. The number of hydrogen-bond acceptors (Lipinski definition) is 5. The van der Waals surface area contributed by atoms with Gasteiger partial charge in [0.05, 0.1) is 0 Å². The number of likely N-dealkylation sites (N-methyl/N-ethyl adjacent to an activating group) is 1. The van der Waals surface area contributed by atoms with Crippen molar-refractivity contribution in [3.63, 3.8) is 0 Å². The SMILES string of the molecule is CN1C(=O)CCC(NC2=NCC3(CCCC3)CS2)C1=O. The van der Waals surface area contributed by atoms with E-state index in [1.165, 1.54) is 30.6 Å². The maximum atomic E-state index is 12.0. The molecule has 1 unspecified atom stereocenters. The van der Waals surface area contributed by atoms with E-state index in [0.717, 1.165) is 17.5 Å². The smallest absolute Gasteiger partial charge is 0.251 e. The van der Waals surface area contributed by atoms with Crippen LogP contribution < -0.4 is 5.32 Å². The summed E-state index contributed by atoms with van der Waals surface area (Å²) in [6.07, 6.45) is 6.24. The maximum absolute atomic E-state index is 12.0. The lowest BCUT2D eigenvalue weighted by molar-refractivity contribution is -0.147. The van der Waals surface area contributed by atoms with Gasteiger partial charge in [-0.05, 0) is 24.7 Å². The molecule has 1 saturated carbocycles. The molecule has 20 heavy (non-hydrogen) atoms. The summed E-state index contributed by atoms with van der Waals surface area (Å²) in [5, 5.41) is 4.11. The summed E-state index contributed by atoms with van der Waals surface area (Å²) in [6, 6.07) is -0.290. The van der Waals surface area contributed by atoms with Crippen LogP contribution >= 0.6 is 11.8 Å². The minimum atomic E-state index is -0.290. The number of thioether (sulfide) groups is 1. The van der Waals surface area contributed by atoms with Gasteiger partial charge in [-0.3, -0.25) is 19.5 Å². The van der Waals surface area contributed by atoms with Crippen LogP contribution in [0.1, 0.15) is 38.5 Å². The van der Waals surface area contributed by atoms with Gasteiger partial charge in [-0.15, -0.1) is 0 Å². The first-order valence-electron chi connectivity index (χ1n) is 7.34. The molecule has 1 N–H and O–H groups in total. The van der Waals surface area contributed by atoms with Gasteiger partial charge in [0.2, 0.25) is 5.91 Å². The third-order valence-electron chi connectivity index (χ3n) is 4.68. The molecule has 1 spiro atoms. The Labute approximate surface area is 123 Å². The van der Waals surface area contributed by atoms with Crippen molar-refractivity contribution in [2.75, 3.05) is 19.3 Å². The van der Waals surface area contributed by atoms with E-state index >= 15 is 0 Å². The molecule has 0 bridgehead atoms. The maximum Gasteiger partial charge on any atom is 0.251 e. The highest BCUT2D eigenvalue weighted by atomic mass is 32.2. The molecule has 1 aliphatic carbocycles. The molecule has 6 heteroatoms. The molecule has 3 aliphatic rings. The number of carbonyl (C=O) groups excluding carboxylic acids is 2. The number of carbonyl (C=O) groups is 2. The molecule has 2 aliphatic heterocycles. The number of likely N-dealkylation sites (tertiary alicyclic amines) is 1. The summed E-state index contributed by atoms with van der Waals surface area (Å²) < 4.78 is 0. The fourth-order valence-electron chi connectivity index (χ4n) is 3.27. The second-order valence-corrected chi connectivity index (χ2v) is 7.11. The quantitative estimate of drug-likeness (QED) is 0.743. The fourth-order valence-corrected chi connectivity index (χ4v) is 4.47. The van der Waals surface area contributed by atoms with Crippen molar-refractivity contribution in [1.82, 2.24) is 10.2 Å². The van der Waals surface area contributed by atoms with Gasteiger partial charge < -0.3 is 5.32 Å². The van der Waals surface area contributed by atoms with Crippen LogP contribution in [0.4, 0.5) is 0 Å². The molecule has 0 radical (unpaired) electrons. The number of rotatable bonds is 1. The summed E-state index contributed by atoms with van der Waals surface area (Å²) in [5.41, 5.74) is 0.416. The number of amides is 2. The van der Waals surface area contributed by atoms with E-state index in [1.54, 1.807) is 18.8 Å². The van der Waals surface area contributed by atoms with Crippen LogP contribution in [-0.2, 0) is 9.59 Å². The Morgan fingerprint density at radius 1 is 1.35 bits per heavy atom. The molecule has 110 valence electrons. The monoisotopic (exact) mass is 295 g/mol. The minimum Gasteiger partial charge on any atom is -0.353 e. The number of nitrogens with zero attached hydrogens (tertiary/aromatic N) is 2. The zero-order valence-corrected chi connectivity index (χ0v) is 12.7. The number of imide groups is 1. The zero-order valence-electron chi connectivity index (χ0n) is 11.9. The predicted octanol–water partition coefficient (Wildman–Crippen LogP) is 1.39. The summed E-state index contributed by atoms with van der Waals surface area (Å²) in [4.78, 5) is 29.4. The van der Waals surface area contributed by atoms with E-state index in [1.807, 2.05) is 0 Å². The molecule has 2 amide bonds. The highest BCUT2D eigenvalue weighted by Crippen LogP contribution is 2.43. The average Bonchev–Trinajstić information content (AvgIpc) is 2.91. The Morgan fingerprint density at radius 3 is 2.75 bits per heavy atom. The molecule has 2 heterocycles. The molecule has 0 aromatic heterocycles. The lowest BCUT2D eigenvalue weighted by Crippen LogP contribution is -2.53. The molecule has 3 rings (SSSR count). The van der Waals surface area contributed by atoms with Crippen molar-refractivity contribution in [1.29, 1.82) is 0 Å². The Bertz CT molecular complexity index is 457. The highest BCUT2D eigenvalue weighted by Gasteiger charge is 2.38. The lowest BCUT2D eigenvalue weighted by atomic mass is 9.89. The Kier molecular flexibility index (Phi) is 3.75. The van der Waals surface area contributed by atoms with Crippen molar-refractivity contribution in [2.45, 2.75) is 44.6 Å². The molecule has 2 fully saturated rings. The van der Waals surface area contributed by atoms with Crippen molar-refractivity contribution in [2.24, 2.45) is 10.4 Å². The second kappa shape index (κ2) is 5.39. The van der Waals surface area contributed by atoms with E-state index < -0.39 is 0 Å². The minimum absolute atomic E-state index is 0.0869. The van der Waals surface area contributed by atoms with Crippen LogP contribution in [0.2, 0.25) is 0 Å². The van der Waals surface area contributed by atoms with Crippen LogP contribution in [0.25, 0.3) is 0 Å². The zero-order chi connectivity index (χ0) is 14.2. The highest BCUT2D eigenvalue weighted by molar-refractivity contribution is 8.13. The normalized spacial score (nSPS) is 29.8. The molecule has 5 nitrogen and oxygen atoms in total. The van der Waals surface area contributed by atoms with Crippen LogP contribution in [-0.4, -0.2) is 47.3 Å². The largest absolute Gasteiger partial charge is 0.353 e. The van der Waals surface area contributed by atoms with E-state index in [4.69, 9.17) is 0 Å². The van der Waals surface area contributed by atoms with Crippen LogP contribution in [0.5, 0.6) is 0 Å². The Morgan fingerprint density at radius 2 is 2.10 bits per heavy atom. The van der Waals surface area contributed by atoms with E-state index in [9.17, 15) is 9.59 Å². The van der Waals surface area contributed by atoms with Gasteiger partial charge in [0.25, 0.3) is 5.91 Å². The molecular weight excluding hydrogens is 274 g/mol. The van der Waals surface area contributed by atoms with Gasteiger partial charge in [0, 0.05) is 25.8 Å². The van der Waals surface area contributed by atoms with Crippen molar-refractivity contribution < 1.29 is 9.59 Å². The first kappa shape index (κ1) is 13.9. The molecular formula is C14H21N3O2S. The van der Waals surface area contributed by atoms with Gasteiger partial charge in [-0.1, -0.05) is 24.6 Å². The number of aliphatic imine (C=N–C) groups is 1. The predicted molar refractivity (Wildman–Crippen MR) is 79.6 cm³/mol. The Hall–Kier alpha value is -1.04. The van der Waals surface area contributed by atoms with Gasteiger partial charge >= 0.3 is 0 Å². The second-order valence-electron chi connectivity index (χ2n) is 6.14. The van der Waals surface area contributed by atoms with Crippen molar-refractivity contribution in [3.05, 3.63) is 0 Å². The van der Waals surface area contributed by atoms with Gasteiger partial charge in [0.1, 0.15) is 6.04 Å². The van der Waals surface area contributed by atoms with Gasteiger partial charge in [0.15, 0.2) is 5.17 Å². The van der Waals surface area contributed by atoms with Crippen LogP contribution in [0.3, 0.4) is 0 Å². The third kappa shape index (κ3) is 2.57. The molecule has 1 atom stereocenters.